The van der Waals surface area contributed by atoms with Gasteiger partial charge in [0.25, 0.3) is 0 Å². The van der Waals surface area contributed by atoms with Gasteiger partial charge in [0.05, 0.1) is 19.2 Å². The van der Waals surface area contributed by atoms with Crippen LogP contribution in [0.2, 0.25) is 5.02 Å². The van der Waals surface area contributed by atoms with Gasteiger partial charge in [-0.2, -0.15) is 0 Å². The van der Waals surface area contributed by atoms with Gasteiger partial charge in [0.1, 0.15) is 0 Å². The summed E-state index contributed by atoms with van der Waals surface area (Å²) in [5, 5.41) is 0.600. The van der Waals surface area contributed by atoms with Crippen molar-refractivity contribution in [3.8, 4) is 11.5 Å². The highest BCUT2D eigenvalue weighted by atomic mass is 35.5. The maximum atomic E-state index is 6.44. The van der Waals surface area contributed by atoms with Crippen molar-refractivity contribution in [2.45, 2.75) is 32.2 Å². The third kappa shape index (κ3) is 3.05. The molecule has 1 fully saturated rings. The molecular formula is C17H27ClN2O2. The molecular weight excluding hydrogens is 300 g/mol. The Morgan fingerprint density at radius 3 is 2.41 bits per heavy atom. The quantitative estimate of drug-likeness (QED) is 0.900. The first-order chi connectivity index (χ1) is 10.4. The number of methoxy groups -OCH3 is 2. The van der Waals surface area contributed by atoms with Crippen LogP contribution in [0.3, 0.4) is 0 Å². The molecule has 2 N–H and O–H groups in total. The van der Waals surface area contributed by atoms with Crippen LogP contribution in [-0.4, -0.2) is 39.3 Å². The summed E-state index contributed by atoms with van der Waals surface area (Å²) in [7, 11) is 5.44. The van der Waals surface area contributed by atoms with Gasteiger partial charge in [-0.05, 0) is 43.5 Å². The van der Waals surface area contributed by atoms with Gasteiger partial charge in [-0.3, -0.25) is 4.90 Å². The number of hydrogen-bond donors (Lipinski definition) is 1. The topological polar surface area (TPSA) is 47.7 Å². The van der Waals surface area contributed by atoms with Gasteiger partial charge >= 0.3 is 0 Å². The Bertz CT molecular complexity index is 534. The van der Waals surface area contributed by atoms with E-state index in [0.717, 1.165) is 25.3 Å². The monoisotopic (exact) mass is 326 g/mol. The predicted molar refractivity (Wildman–Crippen MR) is 91.2 cm³/mol. The molecule has 4 nitrogen and oxygen atoms in total. The summed E-state index contributed by atoms with van der Waals surface area (Å²) in [5.41, 5.74) is 8.28. The zero-order valence-electron chi connectivity index (χ0n) is 14.1. The van der Waals surface area contributed by atoms with Crippen LogP contribution in [0.15, 0.2) is 6.07 Å². The molecule has 1 aliphatic rings. The average Bonchev–Trinajstić information content (AvgIpc) is 2.86. The van der Waals surface area contributed by atoms with E-state index in [1.165, 1.54) is 11.1 Å². The summed E-state index contributed by atoms with van der Waals surface area (Å²) in [6, 6.07) is 2.36. The number of nitrogens with two attached hydrogens (primary N) is 1. The van der Waals surface area contributed by atoms with E-state index in [1.807, 2.05) is 6.07 Å². The lowest BCUT2D eigenvalue weighted by molar-refractivity contribution is 0.307. The van der Waals surface area contributed by atoms with Crippen molar-refractivity contribution in [3.05, 3.63) is 22.2 Å². The Morgan fingerprint density at radius 2 is 1.95 bits per heavy atom. The van der Waals surface area contributed by atoms with Crippen molar-refractivity contribution in [3.63, 3.8) is 0 Å². The van der Waals surface area contributed by atoms with Crippen LogP contribution >= 0.6 is 11.6 Å². The molecule has 0 saturated carbocycles. The summed E-state index contributed by atoms with van der Waals surface area (Å²) in [4.78, 5) is 2.36. The molecule has 0 aliphatic carbocycles. The van der Waals surface area contributed by atoms with E-state index >= 15 is 0 Å². The maximum Gasteiger partial charge on any atom is 0.179 e. The number of benzene rings is 1. The van der Waals surface area contributed by atoms with Gasteiger partial charge in [0.15, 0.2) is 11.5 Å². The smallest absolute Gasteiger partial charge is 0.179 e. The van der Waals surface area contributed by atoms with Gasteiger partial charge in [-0.1, -0.05) is 25.4 Å². The van der Waals surface area contributed by atoms with Gasteiger partial charge in [-0.15, -0.1) is 0 Å². The van der Waals surface area contributed by atoms with E-state index in [4.69, 9.17) is 26.8 Å². The summed E-state index contributed by atoms with van der Waals surface area (Å²) >= 11 is 6.44. The lowest BCUT2D eigenvalue weighted by Gasteiger charge is -2.27. The first-order valence-corrected chi connectivity index (χ1v) is 8.16. The molecule has 2 atom stereocenters. The molecule has 22 heavy (non-hydrogen) atoms. The fraction of sp³-hybridized carbons (Fsp3) is 0.647. The molecule has 0 spiro atoms. The van der Waals surface area contributed by atoms with Crippen molar-refractivity contribution in [2.24, 2.45) is 11.7 Å². The fourth-order valence-electron chi connectivity index (χ4n) is 3.55. The Kier molecular flexibility index (Phi) is 5.59. The van der Waals surface area contributed by atoms with E-state index in [-0.39, 0.29) is 0 Å². The number of likely N-dealkylation sites (tertiary alicyclic amines) is 1. The first-order valence-electron chi connectivity index (χ1n) is 7.79. The number of rotatable bonds is 5. The molecule has 0 radical (unpaired) electrons. The summed E-state index contributed by atoms with van der Waals surface area (Å²) in [5.74, 6) is 2.22. The van der Waals surface area contributed by atoms with E-state index in [0.29, 0.717) is 28.6 Å². The van der Waals surface area contributed by atoms with Crippen LogP contribution in [0.5, 0.6) is 11.5 Å². The normalized spacial score (nSPS) is 22.4. The molecule has 1 aromatic rings. The van der Waals surface area contributed by atoms with Crippen molar-refractivity contribution in [1.29, 1.82) is 0 Å². The molecule has 0 amide bonds. The van der Waals surface area contributed by atoms with Crippen LogP contribution in [-0.2, 0) is 0 Å². The number of ether oxygens (including phenoxy) is 2. The second-order valence-electron chi connectivity index (χ2n) is 6.38. The van der Waals surface area contributed by atoms with Crippen LogP contribution < -0.4 is 15.2 Å². The van der Waals surface area contributed by atoms with Crippen molar-refractivity contribution < 1.29 is 9.47 Å². The van der Waals surface area contributed by atoms with E-state index in [1.54, 1.807) is 14.2 Å². The Morgan fingerprint density at radius 1 is 1.32 bits per heavy atom. The third-order valence-electron chi connectivity index (χ3n) is 4.57. The van der Waals surface area contributed by atoms with E-state index < -0.39 is 0 Å². The maximum absolute atomic E-state index is 6.44. The predicted octanol–water partition coefficient (Wildman–Crippen LogP) is 3.43. The Labute approximate surface area is 138 Å². The number of halogens is 1. The summed E-state index contributed by atoms with van der Waals surface area (Å²) in [6.45, 7) is 6.08. The molecule has 0 bridgehead atoms. The summed E-state index contributed by atoms with van der Waals surface area (Å²) in [6.07, 6.45) is 1.05. The van der Waals surface area contributed by atoms with E-state index in [9.17, 15) is 0 Å². The van der Waals surface area contributed by atoms with Crippen LogP contribution in [0.4, 0.5) is 0 Å². The lowest BCUT2D eigenvalue weighted by atomic mass is 9.89. The molecule has 124 valence electrons. The number of hydrogen-bond acceptors (Lipinski definition) is 4. The van der Waals surface area contributed by atoms with E-state index in [2.05, 4.69) is 25.8 Å². The molecule has 2 rings (SSSR count). The van der Waals surface area contributed by atoms with Gasteiger partial charge in [-0.25, -0.2) is 0 Å². The van der Waals surface area contributed by atoms with Gasteiger partial charge in [0, 0.05) is 18.2 Å². The second-order valence-corrected chi connectivity index (χ2v) is 6.78. The van der Waals surface area contributed by atoms with Crippen LogP contribution in [0.25, 0.3) is 0 Å². The molecule has 1 aliphatic heterocycles. The zero-order valence-corrected chi connectivity index (χ0v) is 14.9. The summed E-state index contributed by atoms with van der Waals surface area (Å²) < 4.78 is 11.1. The van der Waals surface area contributed by atoms with Crippen molar-refractivity contribution in [2.75, 3.05) is 34.4 Å². The fourth-order valence-corrected chi connectivity index (χ4v) is 3.83. The molecule has 1 aromatic carbocycles. The lowest BCUT2D eigenvalue weighted by Crippen LogP contribution is -2.21. The zero-order chi connectivity index (χ0) is 16.4. The minimum atomic E-state index is 0.321. The molecule has 1 saturated heterocycles. The average molecular weight is 327 g/mol. The molecule has 0 aromatic heterocycles. The Hall–Kier alpha value is -0.970. The van der Waals surface area contributed by atoms with Crippen LogP contribution in [0.1, 0.15) is 43.4 Å². The SMILES string of the molecule is COc1c(Cl)cc(C2CC(CN)CN2C)c(C(C)C)c1OC. The van der Waals surface area contributed by atoms with Gasteiger partial charge in [0.2, 0.25) is 0 Å². The molecule has 2 unspecified atom stereocenters. The highest BCUT2D eigenvalue weighted by Crippen LogP contribution is 2.47. The second kappa shape index (κ2) is 7.07. The highest BCUT2D eigenvalue weighted by Gasteiger charge is 2.34. The van der Waals surface area contributed by atoms with Gasteiger partial charge < -0.3 is 15.2 Å². The highest BCUT2D eigenvalue weighted by molar-refractivity contribution is 6.32. The largest absolute Gasteiger partial charge is 0.492 e. The third-order valence-corrected chi connectivity index (χ3v) is 4.85. The van der Waals surface area contributed by atoms with Crippen molar-refractivity contribution >= 4 is 11.6 Å². The number of nitrogens with zero attached hydrogens (tertiary/aromatic N) is 1. The first kappa shape index (κ1) is 17.4. The van der Waals surface area contributed by atoms with Crippen LogP contribution in [0, 0.1) is 5.92 Å². The Balaban J connectivity index is 2.58. The molecule has 5 heteroatoms. The van der Waals surface area contributed by atoms with Crippen molar-refractivity contribution in [1.82, 2.24) is 4.90 Å². The standard InChI is InChI=1S/C17H27ClN2O2/c1-10(2)15-12(14-6-11(8-19)9-20(14)3)7-13(18)16(21-4)17(15)22-5/h7,10-11,14H,6,8-9,19H2,1-5H3. The molecule has 1 heterocycles. The minimum absolute atomic E-state index is 0.321. The minimum Gasteiger partial charge on any atom is -0.492 e.